The summed E-state index contributed by atoms with van der Waals surface area (Å²) >= 11 is 0. The Hall–Kier alpha value is -3.61. The van der Waals surface area contributed by atoms with Crippen LogP contribution in [0.3, 0.4) is 0 Å². The van der Waals surface area contributed by atoms with Gasteiger partial charge >= 0.3 is 0 Å². The predicted molar refractivity (Wildman–Crippen MR) is 122 cm³/mol. The molecular formula is C25H26N4O3. The summed E-state index contributed by atoms with van der Waals surface area (Å²) in [5, 5.41) is 8.24. The van der Waals surface area contributed by atoms with Crippen molar-refractivity contribution in [3.63, 3.8) is 0 Å². The van der Waals surface area contributed by atoms with Crippen LogP contribution >= 0.6 is 0 Å². The van der Waals surface area contributed by atoms with E-state index in [-0.39, 0.29) is 11.2 Å². The first-order chi connectivity index (χ1) is 15.4. The highest BCUT2D eigenvalue weighted by Gasteiger charge is 2.42. The zero-order chi connectivity index (χ0) is 22.5. The molecule has 7 heteroatoms. The third-order valence-corrected chi connectivity index (χ3v) is 6.09. The van der Waals surface area contributed by atoms with Crippen LogP contribution in [0.25, 0.3) is 11.4 Å². The largest absolute Gasteiger partial charge is 0.493 e. The number of nitrogens with one attached hydrogen (secondary N) is 1. The summed E-state index contributed by atoms with van der Waals surface area (Å²) in [7, 11) is 3.22. The first-order valence-corrected chi connectivity index (χ1v) is 10.7. The molecule has 0 spiro atoms. The van der Waals surface area contributed by atoms with Crippen molar-refractivity contribution in [1.29, 1.82) is 0 Å². The van der Waals surface area contributed by atoms with Crippen molar-refractivity contribution in [2.75, 3.05) is 19.5 Å². The number of rotatable bonds is 4. The lowest BCUT2D eigenvalue weighted by atomic mass is 9.73. The predicted octanol–water partition coefficient (Wildman–Crippen LogP) is 4.62. The Morgan fingerprint density at radius 3 is 2.50 bits per heavy atom. The summed E-state index contributed by atoms with van der Waals surface area (Å²) in [4.78, 5) is 18.2. The number of Topliss-reactive ketones (excluding diaryl/α,β-unsaturated/α-hetero) is 1. The van der Waals surface area contributed by atoms with E-state index in [1.165, 1.54) is 0 Å². The molecule has 2 aliphatic rings. The SMILES string of the molecule is COc1ccc([C@H]2C3=C(CC(C)(C)CC3=O)Nc3nc(-c4ccccc4)nn32)cc1OC. The molecule has 1 N–H and O–H groups in total. The molecule has 0 radical (unpaired) electrons. The number of methoxy groups -OCH3 is 2. The fraction of sp³-hybridized carbons (Fsp3) is 0.320. The first-order valence-electron chi connectivity index (χ1n) is 10.7. The molecule has 0 bridgehead atoms. The Morgan fingerprint density at radius 2 is 1.78 bits per heavy atom. The maximum absolute atomic E-state index is 13.4. The van der Waals surface area contributed by atoms with E-state index in [9.17, 15) is 4.79 Å². The van der Waals surface area contributed by atoms with Crippen molar-refractivity contribution in [1.82, 2.24) is 14.8 Å². The number of anilines is 1. The van der Waals surface area contributed by atoms with Crippen molar-refractivity contribution in [3.8, 4) is 22.9 Å². The van der Waals surface area contributed by atoms with Gasteiger partial charge in [0.05, 0.1) is 14.2 Å². The van der Waals surface area contributed by atoms with Crippen molar-refractivity contribution in [2.24, 2.45) is 5.41 Å². The molecule has 164 valence electrons. The fourth-order valence-corrected chi connectivity index (χ4v) is 4.65. The minimum atomic E-state index is -0.394. The van der Waals surface area contributed by atoms with Gasteiger partial charge in [0.2, 0.25) is 5.95 Å². The van der Waals surface area contributed by atoms with Crippen LogP contribution in [0.15, 0.2) is 59.8 Å². The molecule has 0 unspecified atom stereocenters. The quantitative estimate of drug-likeness (QED) is 0.651. The number of aromatic nitrogens is 3. The van der Waals surface area contributed by atoms with Gasteiger partial charge in [-0.2, -0.15) is 4.98 Å². The maximum atomic E-state index is 13.4. The van der Waals surface area contributed by atoms with Gasteiger partial charge in [-0.05, 0) is 29.5 Å². The van der Waals surface area contributed by atoms with Crippen LogP contribution in [-0.2, 0) is 4.79 Å². The second kappa shape index (κ2) is 7.51. The third kappa shape index (κ3) is 3.34. The number of hydrogen-bond acceptors (Lipinski definition) is 6. The Kier molecular flexibility index (Phi) is 4.77. The fourth-order valence-electron chi connectivity index (χ4n) is 4.65. The Bertz CT molecular complexity index is 1230. The van der Waals surface area contributed by atoms with Crippen molar-refractivity contribution in [2.45, 2.75) is 32.7 Å². The minimum Gasteiger partial charge on any atom is -0.493 e. The molecule has 0 saturated heterocycles. The monoisotopic (exact) mass is 430 g/mol. The van der Waals surface area contributed by atoms with Crippen molar-refractivity contribution >= 4 is 11.7 Å². The topological polar surface area (TPSA) is 78.3 Å². The van der Waals surface area contributed by atoms with E-state index in [0.717, 1.165) is 28.8 Å². The van der Waals surface area contributed by atoms with Crippen LogP contribution < -0.4 is 14.8 Å². The van der Waals surface area contributed by atoms with E-state index in [0.29, 0.717) is 29.7 Å². The third-order valence-electron chi connectivity index (χ3n) is 6.09. The Morgan fingerprint density at radius 1 is 1.03 bits per heavy atom. The second-order valence-corrected chi connectivity index (χ2v) is 9.04. The molecule has 7 nitrogen and oxygen atoms in total. The molecule has 5 rings (SSSR count). The van der Waals surface area contributed by atoms with Gasteiger partial charge in [0.15, 0.2) is 23.1 Å². The molecule has 1 atom stereocenters. The molecular weight excluding hydrogens is 404 g/mol. The van der Waals surface area contributed by atoms with E-state index < -0.39 is 6.04 Å². The molecule has 0 saturated carbocycles. The summed E-state index contributed by atoms with van der Waals surface area (Å²) in [6.45, 7) is 4.24. The Labute approximate surface area is 187 Å². The average Bonchev–Trinajstić information content (AvgIpc) is 3.20. The number of nitrogens with zero attached hydrogens (tertiary/aromatic N) is 3. The normalized spacial score (nSPS) is 19.1. The molecule has 1 aromatic heterocycles. The summed E-state index contributed by atoms with van der Waals surface area (Å²) in [6.07, 6.45) is 1.26. The molecule has 1 aliphatic heterocycles. The maximum Gasteiger partial charge on any atom is 0.226 e. The highest BCUT2D eigenvalue weighted by Crippen LogP contribution is 2.46. The number of carbonyl (C=O) groups is 1. The van der Waals surface area contributed by atoms with E-state index in [4.69, 9.17) is 19.6 Å². The minimum absolute atomic E-state index is 0.116. The standard InChI is InChI=1S/C25H26N4O3/c1-25(2)13-17-21(18(30)14-25)22(16-10-11-19(31-3)20(12-16)32-4)29-24(26-17)27-23(28-29)15-8-6-5-7-9-15/h5-12,22H,13-14H2,1-4H3,(H,26,27,28)/t22-/m0/s1. The molecule has 1 aliphatic carbocycles. The van der Waals surface area contributed by atoms with Crippen molar-refractivity contribution < 1.29 is 14.3 Å². The highest BCUT2D eigenvalue weighted by atomic mass is 16.5. The van der Waals surface area contributed by atoms with Crippen LogP contribution in [0, 0.1) is 5.41 Å². The van der Waals surface area contributed by atoms with E-state index in [1.54, 1.807) is 14.2 Å². The van der Waals surface area contributed by atoms with Gasteiger partial charge in [-0.25, -0.2) is 4.68 Å². The van der Waals surface area contributed by atoms with Crippen LogP contribution in [-0.4, -0.2) is 34.8 Å². The lowest BCUT2D eigenvalue weighted by Gasteiger charge is -2.38. The van der Waals surface area contributed by atoms with E-state index >= 15 is 0 Å². The van der Waals surface area contributed by atoms with Crippen LogP contribution in [0.2, 0.25) is 0 Å². The molecule has 0 fully saturated rings. The Balaban J connectivity index is 1.69. The number of carbonyl (C=O) groups excluding carboxylic acids is 1. The van der Waals surface area contributed by atoms with E-state index in [1.807, 2.05) is 53.2 Å². The molecule has 2 aromatic carbocycles. The van der Waals surface area contributed by atoms with Gasteiger partial charge in [0, 0.05) is 23.3 Å². The summed E-state index contributed by atoms with van der Waals surface area (Å²) in [5.74, 6) is 2.63. The van der Waals surface area contributed by atoms with E-state index in [2.05, 4.69) is 19.2 Å². The van der Waals surface area contributed by atoms with Gasteiger partial charge in [0.25, 0.3) is 0 Å². The van der Waals surface area contributed by atoms with Crippen LogP contribution in [0.1, 0.15) is 38.3 Å². The molecule has 32 heavy (non-hydrogen) atoms. The summed E-state index contributed by atoms with van der Waals surface area (Å²) in [6, 6.07) is 15.2. The van der Waals surface area contributed by atoms with Gasteiger partial charge in [0.1, 0.15) is 6.04 Å². The van der Waals surface area contributed by atoms with Gasteiger partial charge < -0.3 is 14.8 Å². The number of fused-ring (bicyclic) bond motifs is 1. The zero-order valence-corrected chi connectivity index (χ0v) is 18.7. The molecule has 3 aromatic rings. The van der Waals surface area contributed by atoms with Crippen molar-refractivity contribution in [3.05, 3.63) is 65.4 Å². The number of benzene rings is 2. The summed E-state index contributed by atoms with van der Waals surface area (Å²) < 4.78 is 12.8. The highest BCUT2D eigenvalue weighted by molar-refractivity contribution is 6.00. The summed E-state index contributed by atoms with van der Waals surface area (Å²) in [5.41, 5.74) is 3.37. The number of ether oxygens (including phenoxy) is 2. The van der Waals surface area contributed by atoms with Crippen LogP contribution in [0.5, 0.6) is 11.5 Å². The van der Waals surface area contributed by atoms with Gasteiger partial charge in [-0.15, -0.1) is 5.10 Å². The smallest absolute Gasteiger partial charge is 0.226 e. The number of hydrogen-bond donors (Lipinski definition) is 1. The zero-order valence-electron chi connectivity index (χ0n) is 18.7. The molecule has 0 amide bonds. The van der Waals surface area contributed by atoms with Gasteiger partial charge in [-0.3, -0.25) is 4.79 Å². The van der Waals surface area contributed by atoms with Gasteiger partial charge in [-0.1, -0.05) is 50.2 Å². The lowest BCUT2D eigenvalue weighted by Crippen LogP contribution is -2.36. The number of ketones is 1. The second-order valence-electron chi connectivity index (χ2n) is 9.04. The average molecular weight is 431 g/mol. The van der Waals surface area contributed by atoms with Crippen LogP contribution in [0.4, 0.5) is 5.95 Å². The molecule has 2 heterocycles. The first kappa shape index (κ1) is 20.3. The lowest BCUT2D eigenvalue weighted by molar-refractivity contribution is -0.118. The number of allylic oxidation sites excluding steroid dienone is 2.